The Labute approximate surface area is 124 Å². The summed E-state index contributed by atoms with van der Waals surface area (Å²) in [5.74, 6) is 1.36. The van der Waals surface area contributed by atoms with E-state index in [9.17, 15) is 4.79 Å². The van der Waals surface area contributed by atoms with Crippen LogP contribution in [0.25, 0.3) is 0 Å². The van der Waals surface area contributed by atoms with Crippen molar-refractivity contribution >= 4 is 17.5 Å². The van der Waals surface area contributed by atoms with E-state index in [1.54, 1.807) is 12.1 Å². The Morgan fingerprint density at radius 3 is 3.05 bits per heavy atom. The summed E-state index contributed by atoms with van der Waals surface area (Å²) in [6, 6.07) is 7.27. The van der Waals surface area contributed by atoms with Gasteiger partial charge in [0.1, 0.15) is 5.75 Å². The van der Waals surface area contributed by atoms with Crippen LogP contribution in [-0.4, -0.2) is 32.1 Å². The molecule has 1 heterocycles. The monoisotopic (exact) mass is 296 g/mol. The zero-order chi connectivity index (χ0) is 14.2. The van der Waals surface area contributed by atoms with Gasteiger partial charge in [0.15, 0.2) is 0 Å². The van der Waals surface area contributed by atoms with E-state index in [1.165, 1.54) is 6.42 Å². The molecule has 5 heteroatoms. The van der Waals surface area contributed by atoms with Crippen LogP contribution >= 0.6 is 11.6 Å². The molecule has 1 saturated heterocycles. The van der Waals surface area contributed by atoms with Crippen molar-refractivity contribution in [2.75, 3.05) is 26.2 Å². The summed E-state index contributed by atoms with van der Waals surface area (Å²) >= 11 is 5.96. The number of hydrogen-bond donors (Lipinski definition) is 2. The highest BCUT2D eigenvalue weighted by molar-refractivity contribution is 6.32. The zero-order valence-electron chi connectivity index (χ0n) is 11.5. The topological polar surface area (TPSA) is 50.4 Å². The standard InChI is InChI=1S/C15H21ClN2O2/c16-13-3-1-2-4-14(13)20-10-7-15(19)18-9-6-12-5-8-17-11-12/h1-4,12,17H,5-11H2,(H,18,19). The molecule has 2 N–H and O–H groups in total. The summed E-state index contributed by atoms with van der Waals surface area (Å²) in [6.07, 6.45) is 2.61. The smallest absolute Gasteiger partial charge is 0.223 e. The lowest BCUT2D eigenvalue weighted by Crippen LogP contribution is -2.27. The van der Waals surface area contributed by atoms with Crippen molar-refractivity contribution in [2.24, 2.45) is 5.92 Å². The fourth-order valence-corrected chi connectivity index (χ4v) is 2.47. The Hall–Kier alpha value is -1.26. The fourth-order valence-electron chi connectivity index (χ4n) is 2.28. The van der Waals surface area contributed by atoms with Gasteiger partial charge in [-0.3, -0.25) is 4.79 Å². The third-order valence-electron chi connectivity index (χ3n) is 3.46. The van der Waals surface area contributed by atoms with Gasteiger partial charge in [0, 0.05) is 6.54 Å². The van der Waals surface area contributed by atoms with Crippen molar-refractivity contribution < 1.29 is 9.53 Å². The molecule has 0 aliphatic carbocycles. The lowest BCUT2D eigenvalue weighted by molar-refractivity contribution is -0.121. The molecule has 0 aromatic heterocycles. The minimum absolute atomic E-state index is 0.0306. The second-order valence-electron chi connectivity index (χ2n) is 5.03. The van der Waals surface area contributed by atoms with E-state index < -0.39 is 0 Å². The van der Waals surface area contributed by atoms with Crippen molar-refractivity contribution in [3.63, 3.8) is 0 Å². The first-order chi connectivity index (χ1) is 9.75. The third kappa shape index (κ3) is 5.02. The van der Waals surface area contributed by atoms with Crippen molar-refractivity contribution in [3.05, 3.63) is 29.3 Å². The second kappa shape index (κ2) is 8.12. The number of ether oxygens (including phenoxy) is 1. The molecule has 0 bridgehead atoms. The van der Waals surface area contributed by atoms with E-state index in [-0.39, 0.29) is 5.91 Å². The van der Waals surface area contributed by atoms with E-state index in [2.05, 4.69) is 10.6 Å². The van der Waals surface area contributed by atoms with Gasteiger partial charge in [-0.05, 0) is 44.0 Å². The quantitative estimate of drug-likeness (QED) is 0.811. The number of nitrogens with one attached hydrogen (secondary N) is 2. The Balaban J connectivity index is 1.57. The van der Waals surface area contributed by atoms with E-state index >= 15 is 0 Å². The van der Waals surface area contributed by atoms with Gasteiger partial charge >= 0.3 is 0 Å². The Bertz CT molecular complexity index is 434. The van der Waals surface area contributed by atoms with Gasteiger partial charge in [-0.1, -0.05) is 23.7 Å². The number of para-hydroxylation sites is 1. The van der Waals surface area contributed by atoms with E-state index in [1.807, 2.05) is 12.1 Å². The molecule has 1 aliphatic rings. The molecule has 1 amide bonds. The summed E-state index contributed by atoms with van der Waals surface area (Å²) in [5, 5.41) is 6.82. The normalized spacial score (nSPS) is 17.9. The molecule has 0 spiro atoms. The first-order valence-corrected chi connectivity index (χ1v) is 7.48. The number of carbonyl (C=O) groups excluding carboxylic acids is 1. The Morgan fingerprint density at radius 1 is 1.45 bits per heavy atom. The van der Waals surface area contributed by atoms with Crippen LogP contribution in [0.5, 0.6) is 5.75 Å². The lowest BCUT2D eigenvalue weighted by Gasteiger charge is -2.10. The van der Waals surface area contributed by atoms with Gasteiger partial charge in [0.25, 0.3) is 0 Å². The predicted molar refractivity (Wildman–Crippen MR) is 80.2 cm³/mol. The molecule has 0 radical (unpaired) electrons. The van der Waals surface area contributed by atoms with Gasteiger partial charge in [-0.25, -0.2) is 0 Å². The first-order valence-electron chi connectivity index (χ1n) is 7.10. The van der Waals surface area contributed by atoms with Gasteiger partial charge in [-0.2, -0.15) is 0 Å². The van der Waals surface area contributed by atoms with E-state index in [0.717, 1.165) is 26.1 Å². The largest absolute Gasteiger partial charge is 0.491 e. The average Bonchev–Trinajstić information content (AvgIpc) is 2.94. The van der Waals surface area contributed by atoms with Crippen LogP contribution in [-0.2, 0) is 4.79 Å². The highest BCUT2D eigenvalue weighted by Gasteiger charge is 2.14. The van der Waals surface area contributed by atoms with Gasteiger partial charge in [-0.15, -0.1) is 0 Å². The number of halogens is 1. The molecule has 1 aromatic carbocycles. The van der Waals surface area contributed by atoms with E-state index in [4.69, 9.17) is 16.3 Å². The molecule has 1 unspecified atom stereocenters. The average molecular weight is 297 g/mol. The maximum atomic E-state index is 11.7. The molecule has 1 atom stereocenters. The van der Waals surface area contributed by atoms with Crippen molar-refractivity contribution in [1.82, 2.24) is 10.6 Å². The van der Waals surface area contributed by atoms with Crippen LogP contribution in [0.1, 0.15) is 19.3 Å². The van der Waals surface area contributed by atoms with Crippen molar-refractivity contribution in [3.8, 4) is 5.75 Å². The summed E-state index contributed by atoms with van der Waals surface area (Å²) in [7, 11) is 0. The number of amides is 1. The highest BCUT2D eigenvalue weighted by Crippen LogP contribution is 2.23. The summed E-state index contributed by atoms with van der Waals surface area (Å²) in [4.78, 5) is 11.7. The van der Waals surface area contributed by atoms with Crippen LogP contribution in [0, 0.1) is 5.92 Å². The number of rotatable bonds is 7. The molecule has 1 fully saturated rings. The van der Waals surface area contributed by atoms with Crippen LogP contribution in [0.3, 0.4) is 0 Å². The number of hydrogen-bond acceptors (Lipinski definition) is 3. The van der Waals surface area contributed by atoms with Crippen molar-refractivity contribution in [1.29, 1.82) is 0 Å². The van der Waals surface area contributed by atoms with Crippen molar-refractivity contribution in [2.45, 2.75) is 19.3 Å². The number of carbonyl (C=O) groups is 1. The number of benzene rings is 1. The Kier molecular flexibility index (Phi) is 6.15. The molecular formula is C15H21ClN2O2. The fraction of sp³-hybridized carbons (Fsp3) is 0.533. The maximum Gasteiger partial charge on any atom is 0.223 e. The van der Waals surface area contributed by atoms with Gasteiger partial charge in [0.05, 0.1) is 18.1 Å². The lowest BCUT2D eigenvalue weighted by atomic mass is 10.1. The summed E-state index contributed by atoms with van der Waals surface area (Å²) in [6.45, 7) is 3.27. The first kappa shape index (κ1) is 15.1. The minimum atomic E-state index is 0.0306. The minimum Gasteiger partial charge on any atom is -0.491 e. The zero-order valence-corrected chi connectivity index (χ0v) is 12.3. The van der Waals surface area contributed by atoms with E-state index in [0.29, 0.717) is 29.7 Å². The molecule has 1 aromatic rings. The van der Waals surface area contributed by atoms with Crippen LogP contribution in [0.15, 0.2) is 24.3 Å². The Morgan fingerprint density at radius 2 is 2.30 bits per heavy atom. The van der Waals surface area contributed by atoms with Gasteiger partial charge in [0.2, 0.25) is 5.91 Å². The highest BCUT2D eigenvalue weighted by atomic mass is 35.5. The van der Waals surface area contributed by atoms with Crippen LogP contribution in [0.2, 0.25) is 5.02 Å². The van der Waals surface area contributed by atoms with Crippen LogP contribution in [0.4, 0.5) is 0 Å². The SMILES string of the molecule is O=C(CCOc1ccccc1Cl)NCCC1CCNC1. The molecule has 1 aliphatic heterocycles. The summed E-state index contributed by atoms with van der Waals surface area (Å²) in [5.41, 5.74) is 0. The van der Waals surface area contributed by atoms with Crippen LogP contribution < -0.4 is 15.4 Å². The third-order valence-corrected chi connectivity index (χ3v) is 3.77. The second-order valence-corrected chi connectivity index (χ2v) is 5.43. The summed E-state index contributed by atoms with van der Waals surface area (Å²) < 4.78 is 5.48. The molecule has 0 saturated carbocycles. The predicted octanol–water partition coefficient (Wildman–Crippen LogP) is 2.22. The van der Waals surface area contributed by atoms with Gasteiger partial charge < -0.3 is 15.4 Å². The molecule has 110 valence electrons. The molecular weight excluding hydrogens is 276 g/mol. The molecule has 2 rings (SSSR count). The molecule has 4 nitrogen and oxygen atoms in total. The molecule has 20 heavy (non-hydrogen) atoms. The maximum absolute atomic E-state index is 11.7.